The van der Waals surface area contributed by atoms with Crippen molar-refractivity contribution in [1.82, 2.24) is 5.32 Å². The van der Waals surface area contributed by atoms with Gasteiger partial charge in [-0.1, -0.05) is 34.1 Å². The van der Waals surface area contributed by atoms with Crippen molar-refractivity contribution in [2.24, 2.45) is 0 Å². The summed E-state index contributed by atoms with van der Waals surface area (Å²) in [6, 6.07) is 13.7. The first-order valence-corrected chi connectivity index (χ1v) is 11.1. The number of carbonyl (C=O) groups excluding carboxylic acids is 1. The van der Waals surface area contributed by atoms with E-state index in [1.165, 1.54) is 0 Å². The zero-order valence-corrected chi connectivity index (χ0v) is 19.6. The Kier molecular flexibility index (Phi) is 7.42. The van der Waals surface area contributed by atoms with Crippen molar-refractivity contribution in [3.63, 3.8) is 0 Å². The van der Waals surface area contributed by atoms with Crippen LogP contribution < -0.4 is 14.8 Å². The van der Waals surface area contributed by atoms with Crippen LogP contribution in [0.4, 0.5) is 0 Å². The average Bonchev–Trinajstić information content (AvgIpc) is 2.74. The molecule has 0 bridgehead atoms. The topological polar surface area (TPSA) is 56.8 Å². The zero-order valence-electron chi connectivity index (χ0n) is 18.0. The molecular formula is C24H30BrNO4. The predicted molar refractivity (Wildman–Crippen MR) is 121 cm³/mol. The first kappa shape index (κ1) is 22.6. The lowest BCUT2D eigenvalue weighted by atomic mass is 9.73. The van der Waals surface area contributed by atoms with E-state index in [1.807, 2.05) is 63.2 Å². The molecule has 1 heterocycles. The van der Waals surface area contributed by atoms with Gasteiger partial charge in [0.05, 0.1) is 24.7 Å². The molecule has 5 nitrogen and oxygen atoms in total. The first-order valence-electron chi connectivity index (χ1n) is 10.3. The van der Waals surface area contributed by atoms with Gasteiger partial charge >= 0.3 is 0 Å². The number of methoxy groups -OCH3 is 1. The second-order valence-electron chi connectivity index (χ2n) is 7.97. The van der Waals surface area contributed by atoms with Gasteiger partial charge in [0.15, 0.2) is 11.5 Å². The molecule has 0 aromatic heterocycles. The molecule has 0 radical (unpaired) electrons. The molecule has 1 N–H and O–H groups in total. The molecule has 162 valence electrons. The Morgan fingerprint density at radius 3 is 2.33 bits per heavy atom. The second kappa shape index (κ2) is 9.84. The van der Waals surface area contributed by atoms with Crippen molar-refractivity contribution < 1.29 is 19.0 Å². The molecule has 2 aromatic carbocycles. The Bertz CT molecular complexity index is 860. The van der Waals surface area contributed by atoms with Crippen molar-refractivity contribution in [3.05, 3.63) is 58.1 Å². The fourth-order valence-corrected chi connectivity index (χ4v) is 4.12. The van der Waals surface area contributed by atoms with E-state index in [0.717, 1.165) is 15.6 Å². The summed E-state index contributed by atoms with van der Waals surface area (Å²) in [5.41, 5.74) is 1.41. The number of hydrogen-bond acceptors (Lipinski definition) is 4. The minimum Gasteiger partial charge on any atom is -0.493 e. The minimum atomic E-state index is -0.585. The summed E-state index contributed by atoms with van der Waals surface area (Å²) in [5.74, 6) is 1.39. The zero-order chi connectivity index (χ0) is 21.7. The molecule has 1 aliphatic heterocycles. The van der Waals surface area contributed by atoms with Crippen LogP contribution in [0.25, 0.3) is 0 Å². The lowest BCUT2D eigenvalue weighted by Gasteiger charge is -2.37. The van der Waals surface area contributed by atoms with Gasteiger partial charge in [-0.05, 0) is 69.0 Å². The normalized spacial score (nSPS) is 16.7. The standard InChI is InChI=1S/C24H30BrNO4/c1-16(2)30-21-10-5-18(15-22(21)28-4)17(3)26-23(27)24(11-13-29-14-12-24)19-6-8-20(25)9-7-19/h5-10,15-17H,11-14H2,1-4H3,(H,26,27). The summed E-state index contributed by atoms with van der Waals surface area (Å²) in [7, 11) is 1.63. The average molecular weight is 476 g/mol. The molecule has 6 heteroatoms. The summed E-state index contributed by atoms with van der Waals surface area (Å²) in [4.78, 5) is 13.5. The largest absolute Gasteiger partial charge is 0.493 e. The van der Waals surface area contributed by atoms with E-state index in [9.17, 15) is 4.79 Å². The van der Waals surface area contributed by atoms with E-state index < -0.39 is 5.41 Å². The van der Waals surface area contributed by atoms with E-state index in [4.69, 9.17) is 14.2 Å². The number of halogens is 1. The molecule has 1 aliphatic rings. The molecule has 2 aromatic rings. The summed E-state index contributed by atoms with van der Waals surface area (Å²) >= 11 is 3.48. The first-order chi connectivity index (χ1) is 14.4. The van der Waals surface area contributed by atoms with Gasteiger partial charge in [0.25, 0.3) is 0 Å². The van der Waals surface area contributed by atoms with Crippen LogP contribution in [-0.4, -0.2) is 32.3 Å². The van der Waals surface area contributed by atoms with Crippen molar-refractivity contribution in [3.8, 4) is 11.5 Å². The number of carbonyl (C=O) groups is 1. The molecule has 1 amide bonds. The Balaban J connectivity index is 1.82. The third-order valence-corrected chi connectivity index (χ3v) is 6.10. The highest BCUT2D eigenvalue weighted by atomic mass is 79.9. The van der Waals surface area contributed by atoms with E-state index in [-0.39, 0.29) is 18.1 Å². The molecule has 1 unspecified atom stereocenters. The Morgan fingerprint density at radius 1 is 1.07 bits per heavy atom. The molecule has 0 saturated carbocycles. The molecular weight excluding hydrogens is 446 g/mol. The highest BCUT2D eigenvalue weighted by Crippen LogP contribution is 2.37. The van der Waals surface area contributed by atoms with Gasteiger partial charge in [-0.3, -0.25) is 4.79 Å². The van der Waals surface area contributed by atoms with Crippen LogP contribution in [0.3, 0.4) is 0 Å². The number of hydrogen-bond donors (Lipinski definition) is 1. The highest BCUT2D eigenvalue weighted by molar-refractivity contribution is 9.10. The van der Waals surface area contributed by atoms with Gasteiger partial charge in [0.1, 0.15) is 0 Å². The van der Waals surface area contributed by atoms with Crippen LogP contribution >= 0.6 is 15.9 Å². The maximum absolute atomic E-state index is 13.5. The van der Waals surface area contributed by atoms with E-state index >= 15 is 0 Å². The van der Waals surface area contributed by atoms with Gasteiger partial charge in [-0.2, -0.15) is 0 Å². The van der Waals surface area contributed by atoms with E-state index in [2.05, 4.69) is 21.2 Å². The van der Waals surface area contributed by atoms with Crippen molar-refractivity contribution in [2.75, 3.05) is 20.3 Å². The lowest BCUT2D eigenvalue weighted by molar-refractivity contribution is -0.131. The van der Waals surface area contributed by atoms with Crippen LogP contribution in [0.2, 0.25) is 0 Å². The number of amides is 1. The van der Waals surface area contributed by atoms with Crippen LogP contribution in [0, 0.1) is 0 Å². The van der Waals surface area contributed by atoms with Crippen LogP contribution in [0.5, 0.6) is 11.5 Å². The van der Waals surface area contributed by atoms with Crippen molar-refractivity contribution >= 4 is 21.8 Å². The smallest absolute Gasteiger partial charge is 0.231 e. The third-order valence-electron chi connectivity index (χ3n) is 5.58. The van der Waals surface area contributed by atoms with Crippen LogP contribution in [0.15, 0.2) is 46.9 Å². The lowest BCUT2D eigenvalue weighted by Crippen LogP contribution is -2.48. The van der Waals surface area contributed by atoms with Crippen molar-refractivity contribution in [2.45, 2.75) is 51.2 Å². The van der Waals surface area contributed by atoms with E-state index in [1.54, 1.807) is 7.11 Å². The molecule has 3 rings (SSSR count). The predicted octanol–water partition coefficient (Wildman–Crippen LogP) is 5.17. The van der Waals surface area contributed by atoms with E-state index in [0.29, 0.717) is 37.6 Å². The Morgan fingerprint density at radius 2 is 1.73 bits per heavy atom. The second-order valence-corrected chi connectivity index (χ2v) is 8.89. The molecule has 30 heavy (non-hydrogen) atoms. The van der Waals surface area contributed by atoms with Crippen LogP contribution in [-0.2, 0) is 14.9 Å². The molecule has 1 fully saturated rings. The quantitative estimate of drug-likeness (QED) is 0.599. The van der Waals surface area contributed by atoms with Gasteiger partial charge < -0.3 is 19.5 Å². The summed E-state index contributed by atoms with van der Waals surface area (Å²) < 4.78 is 17.9. The molecule has 0 aliphatic carbocycles. The summed E-state index contributed by atoms with van der Waals surface area (Å²) in [6.07, 6.45) is 1.39. The van der Waals surface area contributed by atoms with Gasteiger partial charge in [-0.25, -0.2) is 0 Å². The minimum absolute atomic E-state index is 0.0297. The molecule has 1 saturated heterocycles. The fourth-order valence-electron chi connectivity index (χ4n) is 3.86. The summed E-state index contributed by atoms with van der Waals surface area (Å²) in [5, 5.41) is 3.23. The van der Waals surface area contributed by atoms with Gasteiger partial charge in [0, 0.05) is 17.7 Å². The van der Waals surface area contributed by atoms with Crippen LogP contribution in [0.1, 0.15) is 50.8 Å². The maximum atomic E-state index is 13.5. The number of ether oxygens (including phenoxy) is 3. The number of nitrogens with one attached hydrogen (secondary N) is 1. The fraction of sp³-hybridized carbons (Fsp3) is 0.458. The van der Waals surface area contributed by atoms with Gasteiger partial charge in [-0.15, -0.1) is 0 Å². The number of benzene rings is 2. The Labute approximate surface area is 187 Å². The Hall–Kier alpha value is -2.05. The maximum Gasteiger partial charge on any atom is 0.231 e. The molecule has 1 atom stereocenters. The highest BCUT2D eigenvalue weighted by Gasteiger charge is 2.42. The number of rotatable bonds is 7. The third kappa shape index (κ3) is 4.98. The molecule has 0 spiro atoms. The summed E-state index contributed by atoms with van der Waals surface area (Å²) in [6.45, 7) is 7.10. The monoisotopic (exact) mass is 475 g/mol. The van der Waals surface area contributed by atoms with Gasteiger partial charge in [0.2, 0.25) is 5.91 Å². The SMILES string of the molecule is COc1cc(C(C)NC(=O)C2(c3ccc(Br)cc3)CCOCC2)ccc1OC(C)C. The van der Waals surface area contributed by atoms with Crippen molar-refractivity contribution in [1.29, 1.82) is 0 Å².